The summed E-state index contributed by atoms with van der Waals surface area (Å²) in [5.41, 5.74) is 5.16. The average molecular weight is 298 g/mol. The van der Waals surface area contributed by atoms with E-state index < -0.39 is 12.1 Å². The molecule has 1 heterocycles. The van der Waals surface area contributed by atoms with E-state index in [2.05, 4.69) is 10.5 Å². The van der Waals surface area contributed by atoms with Gasteiger partial charge in [0.05, 0.1) is 6.61 Å². The molecule has 0 bridgehead atoms. The Labute approximate surface area is 123 Å². The summed E-state index contributed by atoms with van der Waals surface area (Å²) in [6, 6.07) is 0.955. The Morgan fingerprint density at radius 3 is 2.62 bits per heavy atom. The predicted octanol–water partition coefficient (Wildman–Crippen LogP) is 1.92. The number of aromatic nitrogens is 1. The minimum atomic E-state index is -0.750. The zero-order chi connectivity index (χ0) is 16.0. The Balaban J connectivity index is 2.77. The summed E-state index contributed by atoms with van der Waals surface area (Å²) < 4.78 is 9.96. The molecular weight excluding hydrogens is 276 g/mol. The SMILES string of the molecule is CCOC(=O)N(CCN)C(=O)Nc1cc(C(C)(C)C)on1. The van der Waals surface area contributed by atoms with Crippen LogP contribution >= 0.6 is 0 Å². The fourth-order valence-electron chi connectivity index (χ4n) is 1.47. The standard InChI is InChI=1S/C13H22N4O4/c1-5-20-12(19)17(7-6-14)11(18)15-10-8-9(21-16-10)13(2,3)4/h8H,5-7,14H2,1-4H3,(H,15,16,18). The monoisotopic (exact) mass is 298 g/mol. The smallest absolute Gasteiger partial charge is 0.418 e. The van der Waals surface area contributed by atoms with Crippen LogP contribution in [0.15, 0.2) is 10.6 Å². The second-order valence-electron chi connectivity index (χ2n) is 5.40. The number of rotatable bonds is 4. The number of nitrogens with zero attached hydrogens (tertiary/aromatic N) is 2. The van der Waals surface area contributed by atoms with Crippen LogP contribution in [-0.2, 0) is 10.2 Å². The predicted molar refractivity (Wildman–Crippen MR) is 77.0 cm³/mol. The molecule has 3 amide bonds. The highest BCUT2D eigenvalue weighted by Gasteiger charge is 2.24. The molecule has 0 fully saturated rings. The Hall–Kier alpha value is -2.09. The van der Waals surface area contributed by atoms with Gasteiger partial charge in [-0.15, -0.1) is 0 Å². The lowest BCUT2D eigenvalue weighted by Gasteiger charge is -2.18. The molecule has 1 rings (SSSR count). The zero-order valence-corrected chi connectivity index (χ0v) is 12.8. The average Bonchev–Trinajstić information content (AvgIpc) is 2.84. The number of imide groups is 1. The first-order valence-electron chi connectivity index (χ1n) is 6.72. The third-order valence-electron chi connectivity index (χ3n) is 2.57. The van der Waals surface area contributed by atoms with Crippen LogP contribution in [-0.4, -0.2) is 41.9 Å². The topological polar surface area (TPSA) is 111 Å². The van der Waals surface area contributed by atoms with Crippen LogP contribution in [0.25, 0.3) is 0 Å². The van der Waals surface area contributed by atoms with Gasteiger partial charge in [-0.1, -0.05) is 25.9 Å². The molecule has 0 aliphatic carbocycles. The first kappa shape index (κ1) is 17.0. The lowest BCUT2D eigenvalue weighted by atomic mass is 9.93. The van der Waals surface area contributed by atoms with E-state index in [0.717, 1.165) is 4.90 Å². The molecule has 0 aliphatic rings. The molecule has 21 heavy (non-hydrogen) atoms. The van der Waals surface area contributed by atoms with Gasteiger partial charge in [-0.3, -0.25) is 5.32 Å². The summed E-state index contributed by atoms with van der Waals surface area (Å²) in [5.74, 6) is 0.857. The van der Waals surface area contributed by atoms with Gasteiger partial charge in [0.1, 0.15) is 5.76 Å². The van der Waals surface area contributed by atoms with E-state index in [1.165, 1.54) is 0 Å². The van der Waals surface area contributed by atoms with Crippen molar-refractivity contribution in [2.24, 2.45) is 5.73 Å². The van der Waals surface area contributed by atoms with Crippen LogP contribution in [0.4, 0.5) is 15.4 Å². The fourth-order valence-corrected chi connectivity index (χ4v) is 1.47. The summed E-state index contributed by atoms with van der Waals surface area (Å²) in [4.78, 5) is 24.6. The summed E-state index contributed by atoms with van der Waals surface area (Å²) >= 11 is 0. The Bertz CT molecular complexity index is 493. The fraction of sp³-hybridized carbons (Fsp3) is 0.615. The van der Waals surface area contributed by atoms with Crippen molar-refractivity contribution >= 4 is 17.9 Å². The number of nitrogens with one attached hydrogen (secondary N) is 1. The summed E-state index contributed by atoms with van der Waals surface area (Å²) in [6.45, 7) is 7.89. The highest BCUT2D eigenvalue weighted by atomic mass is 16.6. The van der Waals surface area contributed by atoms with Gasteiger partial charge >= 0.3 is 12.1 Å². The number of amides is 3. The van der Waals surface area contributed by atoms with E-state index in [-0.39, 0.29) is 30.9 Å². The third kappa shape index (κ3) is 4.75. The maximum atomic E-state index is 12.1. The van der Waals surface area contributed by atoms with Crippen LogP contribution in [0.3, 0.4) is 0 Å². The zero-order valence-electron chi connectivity index (χ0n) is 12.8. The molecule has 0 radical (unpaired) electrons. The molecule has 1 aromatic heterocycles. The van der Waals surface area contributed by atoms with Gasteiger partial charge in [0, 0.05) is 24.6 Å². The van der Waals surface area contributed by atoms with Gasteiger partial charge in [0.2, 0.25) is 0 Å². The Kier molecular flexibility index (Phi) is 5.71. The molecular formula is C13H22N4O4. The summed E-state index contributed by atoms with van der Waals surface area (Å²) in [7, 11) is 0. The van der Waals surface area contributed by atoms with E-state index in [1.54, 1.807) is 13.0 Å². The number of hydrogen-bond acceptors (Lipinski definition) is 6. The molecule has 0 unspecified atom stereocenters. The summed E-state index contributed by atoms with van der Waals surface area (Å²) in [6.07, 6.45) is -0.750. The molecule has 0 saturated heterocycles. The van der Waals surface area contributed by atoms with Crippen molar-refractivity contribution in [3.05, 3.63) is 11.8 Å². The summed E-state index contributed by atoms with van der Waals surface area (Å²) in [5, 5.41) is 6.24. The Morgan fingerprint density at radius 2 is 2.14 bits per heavy atom. The molecule has 0 atom stereocenters. The first-order chi connectivity index (χ1) is 9.79. The molecule has 0 aliphatic heterocycles. The second kappa shape index (κ2) is 7.07. The molecule has 118 valence electrons. The van der Waals surface area contributed by atoms with Crippen molar-refractivity contribution < 1.29 is 18.8 Å². The maximum Gasteiger partial charge on any atom is 0.418 e. The van der Waals surface area contributed by atoms with E-state index in [1.807, 2.05) is 20.8 Å². The first-order valence-corrected chi connectivity index (χ1v) is 6.72. The van der Waals surface area contributed by atoms with Crippen molar-refractivity contribution in [2.75, 3.05) is 25.0 Å². The number of carbonyl (C=O) groups excluding carboxylic acids is 2. The lowest BCUT2D eigenvalue weighted by molar-refractivity contribution is 0.118. The van der Waals surface area contributed by atoms with Crippen LogP contribution in [0.5, 0.6) is 0 Å². The number of hydrogen-bond donors (Lipinski definition) is 2. The van der Waals surface area contributed by atoms with Crippen molar-refractivity contribution in [3.8, 4) is 0 Å². The third-order valence-corrected chi connectivity index (χ3v) is 2.57. The minimum absolute atomic E-state index is 0.0502. The van der Waals surface area contributed by atoms with E-state index >= 15 is 0 Å². The molecule has 8 heteroatoms. The maximum absolute atomic E-state index is 12.1. The largest absolute Gasteiger partial charge is 0.449 e. The lowest BCUT2D eigenvalue weighted by Crippen LogP contribution is -2.43. The number of urea groups is 1. The van der Waals surface area contributed by atoms with E-state index in [9.17, 15) is 9.59 Å². The van der Waals surface area contributed by atoms with Crippen LogP contribution in [0.1, 0.15) is 33.5 Å². The molecule has 0 saturated carbocycles. The number of nitrogens with two attached hydrogens (primary N) is 1. The molecule has 0 aromatic carbocycles. The minimum Gasteiger partial charge on any atom is -0.449 e. The van der Waals surface area contributed by atoms with Crippen molar-refractivity contribution in [1.29, 1.82) is 0 Å². The van der Waals surface area contributed by atoms with Gasteiger partial charge < -0.3 is 15.0 Å². The van der Waals surface area contributed by atoms with Gasteiger partial charge in [-0.05, 0) is 6.92 Å². The highest BCUT2D eigenvalue weighted by molar-refractivity contribution is 5.98. The van der Waals surface area contributed by atoms with Gasteiger partial charge in [-0.25, -0.2) is 14.5 Å². The number of anilines is 1. The highest BCUT2D eigenvalue weighted by Crippen LogP contribution is 2.24. The van der Waals surface area contributed by atoms with Crippen LogP contribution in [0.2, 0.25) is 0 Å². The van der Waals surface area contributed by atoms with Crippen LogP contribution in [0, 0.1) is 0 Å². The van der Waals surface area contributed by atoms with Crippen LogP contribution < -0.4 is 11.1 Å². The Morgan fingerprint density at radius 1 is 1.48 bits per heavy atom. The van der Waals surface area contributed by atoms with Gasteiger partial charge in [0.15, 0.2) is 5.82 Å². The second-order valence-corrected chi connectivity index (χ2v) is 5.40. The number of carbonyl (C=O) groups is 2. The molecule has 1 aromatic rings. The molecule has 0 spiro atoms. The van der Waals surface area contributed by atoms with Crippen molar-refractivity contribution in [1.82, 2.24) is 10.1 Å². The molecule has 3 N–H and O–H groups in total. The van der Waals surface area contributed by atoms with Crippen molar-refractivity contribution in [3.63, 3.8) is 0 Å². The molecule has 8 nitrogen and oxygen atoms in total. The quantitative estimate of drug-likeness (QED) is 0.878. The van der Waals surface area contributed by atoms with E-state index in [0.29, 0.717) is 5.76 Å². The number of ether oxygens (including phenoxy) is 1. The normalized spacial score (nSPS) is 11.1. The van der Waals surface area contributed by atoms with E-state index in [4.69, 9.17) is 15.0 Å². The van der Waals surface area contributed by atoms with Gasteiger partial charge in [-0.2, -0.15) is 0 Å². The van der Waals surface area contributed by atoms with Crippen molar-refractivity contribution in [2.45, 2.75) is 33.1 Å². The van der Waals surface area contributed by atoms with Gasteiger partial charge in [0.25, 0.3) is 0 Å².